The summed E-state index contributed by atoms with van der Waals surface area (Å²) in [4.78, 5) is 15.5. The predicted octanol–water partition coefficient (Wildman–Crippen LogP) is 2.26. The molecule has 0 saturated heterocycles. The lowest BCUT2D eigenvalue weighted by molar-refractivity contribution is 0.461. The molecule has 1 aliphatic rings. The van der Waals surface area contributed by atoms with Crippen LogP contribution in [0.25, 0.3) is 0 Å². The summed E-state index contributed by atoms with van der Waals surface area (Å²) in [7, 11) is 0. The molecule has 0 aromatic carbocycles. The van der Waals surface area contributed by atoms with E-state index in [-0.39, 0.29) is 10.7 Å². The summed E-state index contributed by atoms with van der Waals surface area (Å²) in [5.41, 5.74) is 0.593. The second kappa shape index (κ2) is 5.17. The molecule has 0 radical (unpaired) electrons. The Kier molecular flexibility index (Phi) is 3.38. The normalized spacial score (nSPS) is 16.1. The molecule has 2 aromatic heterocycles. The van der Waals surface area contributed by atoms with Gasteiger partial charge in [0, 0.05) is 18.6 Å². The summed E-state index contributed by atoms with van der Waals surface area (Å²) in [5.74, 6) is 0. The maximum atomic E-state index is 11.8. The first-order valence-electron chi connectivity index (χ1n) is 6.49. The van der Waals surface area contributed by atoms with Crippen LogP contribution in [-0.2, 0) is 6.54 Å². The van der Waals surface area contributed by atoms with E-state index in [9.17, 15) is 4.79 Å². The summed E-state index contributed by atoms with van der Waals surface area (Å²) >= 11 is 5.72. The second-order valence-corrected chi connectivity index (χ2v) is 5.23. The van der Waals surface area contributed by atoms with E-state index in [0.29, 0.717) is 12.6 Å². The van der Waals surface area contributed by atoms with Gasteiger partial charge in [-0.3, -0.25) is 9.48 Å². The third kappa shape index (κ3) is 2.56. The van der Waals surface area contributed by atoms with Gasteiger partial charge in [0.2, 0.25) is 0 Å². The first-order chi connectivity index (χ1) is 9.24. The van der Waals surface area contributed by atoms with E-state index < -0.39 is 0 Å². The van der Waals surface area contributed by atoms with Crippen molar-refractivity contribution in [1.29, 1.82) is 0 Å². The van der Waals surface area contributed by atoms with Gasteiger partial charge in [-0.1, -0.05) is 24.4 Å². The van der Waals surface area contributed by atoms with Crippen LogP contribution in [0.3, 0.4) is 0 Å². The van der Waals surface area contributed by atoms with Crippen molar-refractivity contribution in [3.8, 4) is 0 Å². The SMILES string of the molecule is O=c1c(Cl)nccn1Cc1ccn(C2CCCC2)n1. The smallest absolute Gasteiger partial charge is 0.288 e. The average molecular weight is 279 g/mol. The number of hydrogen-bond acceptors (Lipinski definition) is 3. The van der Waals surface area contributed by atoms with Crippen LogP contribution in [0.5, 0.6) is 0 Å². The van der Waals surface area contributed by atoms with Gasteiger partial charge in [0.25, 0.3) is 5.56 Å². The number of halogens is 1. The predicted molar refractivity (Wildman–Crippen MR) is 72.3 cm³/mol. The topological polar surface area (TPSA) is 52.7 Å². The molecule has 100 valence electrons. The molecule has 3 rings (SSSR count). The van der Waals surface area contributed by atoms with Crippen LogP contribution >= 0.6 is 11.6 Å². The molecule has 0 atom stereocenters. The quantitative estimate of drug-likeness (QED) is 0.865. The largest absolute Gasteiger partial charge is 0.305 e. The van der Waals surface area contributed by atoms with E-state index >= 15 is 0 Å². The third-order valence-electron chi connectivity index (χ3n) is 3.57. The molecule has 1 saturated carbocycles. The maximum absolute atomic E-state index is 11.8. The average Bonchev–Trinajstić information content (AvgIpc) is 3.05. The summed E-state index contributed by atoms with van der Waals surface area (Å²) in [5, 5.41) is 4.55. The fraction of sp³-hybridized carbons (Fsp3) is 0.462. The van der Waals surface area contributed by atoms with Gasteiger partial charge in [-0.25, -0.2) is 4.98 Å². The fourth-order valence-corrected chi connectivity index (χ4v) is 2.72. The highest BCUT2D eigenvalue weighted by molar-refractivity contribution is 6.29. The molecule has 5 nitrogen and oxygen atoms in total. The number of hydrogen-bond donors (Lipinski definition) is 0. The first-order valence-corrected chi connectivity index (χ1v) is 6.87. The molecule has 2 aromatic rings. The molecule has 0 bridgehead atoms. The van der Waals surface area contributed by atoms with Crippen molar-refractivity contribution in [3.05, 3.63) is 45.9 Å². The Balaban J connectivity index is 1.80. The van der Waals surface area contributed by atoms with Crippen LogP contribution in [0.2, 0.25) is 5.15 Å². The molecule has 0 spiro atoms. The van der Waals surface area contributed by atoms with Crippen LogP contribution < -0.4 is 5.56 Å². The first kappa shape index (κ1) is 12.4. The van der Waals surface area contributed by atoms with Gasteiger partial charge in [0.1, 0.15) is 0 Å². The lowest BCUT2D eigenvalue weighted by Gasteiger charge is -2.09. The van der Waals surface area contributed by atoms with Crippen molar-refractivity contribution in [3.63, 3.8) is 0 Å². The van der Waals surface area contributed by atoms with Crippen molar-refractivity contribution in [1.82, 2.24) is 19.3 Å². The van der Waals surface area contributed by atoms with Crippen molar-refractivity contribution in [2.24, 2.45) is 0 Å². The summed E-state index contributed by atoms with van der Waals surface area (Å²) in [6.07, 6.45) is 10.1. The Morgan fingerprint density at radius 2 is 2.11 bits per heavy atom. The number of aromatic nitrogens is 4. The van der Waals surface area contributed by atoms with Gasteiger partial charge >= 0.3 is 0 Å². The van der Waals surface area contributed by atoms with Crippen molar-refractivity contribution in [2.75, 3.05) is 0 Å². The van der Waals surface area contributed by atoms with Crippen molar-refractivity contribution < 1.29 is 0 Å². The summed E-state index contributed by atoms with van der Waals surface area (Å²) in [6.45, 7) is 0.431. The van der Waals surface area contributed by atoms with E-state index in [2.05, 4.69) is 10.1 Å². The van der Waals surface area contributed by atoms with Gasteiger partial charge in [-0.2, -0.15) is 5.10 Å². The molecule has 1 fully saturated rings. The Hall–Kier alpha value is -1.62. The highest BCUT2D eigenvalue weighted by Crippen LogP contribution is 2.28. The van der Waals surface area contributed by atoms with Gasteiger partial charge in [-0.15, -0.1) is 0 Å². The zero-order chi connectivity index (χ0) is 13.2. The highest BCUT2D eigenvalue weighted by Gasteiger charge is 2.17. The van der Waals surface area contributed by atoms with Gasteiger partial charge < -0.3 is 4.57 Å². The molecular weight excluding hydrogens is 264 g/mol. The van der Waals surface area contributed by atoms with E-state index in [0.717, 1.165) is 5.69 Å². The van der Waals surface area contributed by atoms with Crippen LogP contribution in [0, 0.1) is 0 Å². The zero-order valence-corrected chi connectivity index (χ0v) is 11.3. The third-order valence-corrected chi connectivity index (χ3v) is 3.83. The van der Waals surface area contributed by atoms with E-state index in [4.69, 9.17) is 11.6 Å². The number of nitrogens with zero attached hydrogens (tertiary/aromatic N) is 4. The minimum absolute atomic E-state index is 0.00211. The highest BCUT2D eigenvalue weighted by atomic mass is 35.5. The molecule has 1 aliphatic carbocycles. The van der Waals surface area contributed by atoms with Gasteiger partial charge in [-0.05, 0) is 18.9 Å². The molecule has 0 amide bonds. The van der Waals surface area contributed by atoms with Crippen LogP contribution in [-0.4, -0.2) is 19.3 Å². The van der Waals surface area contributed by atoms with Crippen LogP contribution in [0.1, 0.15) is 37.4 Å². The van der Waals surface area contributed by atoms with E-state index in [1.807, 2.05) is 16.9 Å². The fourth-order valence-electron chi connectivity index (χ4n) is 2.55. The van der Waals surface area contributed by atoms with Crippen molar-refractivity contribution >= 4 is 11.6 Å². The maximum Gasteiger partial charge on any atom is 0.288 e. The Morgan fingerprint density at radius 3 is 2.89 bits per heavy atom. The Bertz CT molecular complexity index is 628. The molecule has 19 heavy (non-hydrogen) atoms. The minimum atomic E-state index is -0.278. The zero-order valence-electron chi connectivity index (χ0n) is 10.5. The standard InChI is InChI=1S/C13H15ClN4O/c14-12-13(19)17(8-6-15-12)9-10-5-7-18(16-10)11-3-1-2-4-11/h5-8,11H,1-4,9H2. The van der Waals surface area contributed by atoms with Crippen molar-refractivity contribution in [2.45, 2.75) is 38.3 Å². The monoisotopic (exact) mass is 278 g/mol. The molecule has 0 unspecified atom stereocenters. The molecule has 0 N–H and O–H groups in total. The van der Waals surface area contributed by atoms with E-state index in [1.165, 1.54) is 36.4 Å². The molecular formula is C13H15ClN4O. The van der Waals surface area contributed by atoms with Gasteiger partial charge in [0.05, 0.1) is 18.3 Å². The lowest BCUT2D eigenvalue weighted by Crippen LogP contribution is -2.21. The Labute approximate surface area is 115 Å². The lowest BCUT2D eigenvalue weighted by atomic mass is 10.3. The van der Waals surface area contributed by atoms with Crippen LogP contribution in [0.4, 0.5) is 0 Å². The number of rotatable bonds is 3. The summed E-state index contributed by atoms with van der Waals surface area (Å²) < 4.78 is 3.55. The van der Waals surface area contributed by atoms with Crippen LogP contribution in [0.15, 0.2) is 29.5 Å². The molecule has 2 heterocycles. The van der Waals surface area contributed by atoms with E-state index in [1.54, 1.807) is 6.20 Å². The molecule has 6 heteroatoms. The summed E-state index contributed by atoms with van der Waals surface area (Å²) in [6, 6.07) is 2.48. The van der Waals surface area contributed by atoms with Gasteiger partial charge in [0.15, 0.2) is 5.15 Å². The minimum Gasteiger partial charge on any atom is -0.305 e. The molecule has 0 aliphatic heterocycles. The Morgan fingerprint density at radius 1 is 1.32 bits per heavy atom. The second-order valence-electron chi connectivity index (χ2n) is 4.88.